The Morgan fingerprint density at radius 1 is 1.09 bits per heavy atom. The van der Waals surface area contributed by atoms with E-state index in [1.807, 2.05) is 32.9 Å². The number of nitrogens with zero attached hydrogens (tertiary/aromatic N) is 3. The minimum Gasteiger partial charge on any atom is -0.492 e. The molecule has 3 aliphatic rings. The molecule has 35 heavy (non-hydrogen) atoms. The maximum Gasteiger partial charge on any atom is 0.410 e. The Morgan fingerprint density at radius 2 is 1.83 bits per heavy atom. The van der Waals surface area contributed by atoms with E-state index in [1.165, 1.54) is 5.57 Å². The summed E-state index contributed by atoms with van der Waals surface area (Å²) in [7, 11) is 0. The van der Waals surface area contributed by atoms with Gasteiger partial charge in [0.15, 0.2) is 0 Å². The predicted molar refractivity (Wildman–Crippen MR) is 133 cm³/mol. The van der Waals surface area contributed by atoms with E-state index < -0.39 is 5.60 Å². The number of β-amino-alcohol motifs (C(OH)–C–C–N with tert-alkyl or cyclic N) is 1. The third-order valence-electron chi connectivity index (χ3n) is 7.05. The summed E-state index contributed by atoms with van der Waals surface area (Å²) in [5, 5.41) is 9.69. The first-order valence-corrected chi connectivity index (χ1v) is 12.9. The molecule has 2 aliphatic heterocycles. The number of amides is 2. The second-order valence-electron chi connectivity index (χ2n) is 11.0. The van der Waals surface area contributed by atoms with Crippen molar-refractivity contribution in [2.75, 3.05) is 32.8 Å². The Kier molecular flexibility index (Phi) is 7.99. The van der Waals surface area contributed by atoms with E-state index in [0.717, 1.165) is 43.5 Å². The summed E-state index contributed by atoms with van der Waals surface area (Å²) in [6.07, 6.45) is 8.15. The lowest BCUT2D eigenvalue weighted by atomic mass is 9.87. The normalized spacial score (nSPS) is 23.7. The summed E-state index contributed by atoms with van der Waals surface area (Å²) in [6, 6.07) is 3.95. The van der Waals surface area contributed by atoms with Gasteiger partial charge in [-0.25, -0.2) is 4.79 Å². The van der Waals surface area contributed by atoms with E-state index in [0.29, 0.717) is 45.1 Å². The molecule has 1 aromatic rings. The standard InChI is InChI=1S/C27H39N3O5/c1-27(2,3)35-26(33)29-13-10-19(11-14-29)18-34-23-8-9-24(28-16-23)20-4-6-21(7-5-20)25(32)30-15-12-22(31)17-30/h4,8-9,16,19,21-22,31H,5-7,10-15,17-18H2,1-3H3/t21?,22-/m0/s1. The number of likely N-dealkylation sites (tertiary alicyclic amines) is 2. The number of carbonyl (C=O) groups excluding carboxylic acids is 2. The molecule has 0 bridgehead atoms. The smallest absolute Gasteiger partial charge is 0.410 e. The zero-order valence-corrected chi connectivity index (χ0v) is 21.2. The Morgan fingerprint density at radius 3 is 2.40 bits per heavy atom. The van der Waals surface area contributed by atoms with Gasteiger partial charge in [0.1, 0.15) is 11.4 Å². The predicted octanol–water partition coefficient (Wildman–Crippen LogP) is 3.88. The van der Waals surface area contributed by atoms with Crippen LogP contribution in [0.3, 0.4) is 0 Å². The van der Waals surface area contributed by atoms with Crippen molar-refractivity contribution in [3.63, 3.8) is 0 Å². The van der Waals surface area contributed by atoms with Gasteiger partial charge < -0.3 is 24.4 Å². The highest BCUT2D eigenvalue weighted by molar-refractivity contribution is 5.80. The number of aliphatic hydroxyl groups is 1. The largest absolute Gasteiger partial charge is 0.492 e. The zero-order chi connectivity index (χ0) is 25.0. The van der Waals surface area contributed by atoms with Gasteiger partial charge in [-0.1, -0.05) is 6.08 Å². The number of rotatable bonds is 5. The van der Waals surface area contributed by atoms with Gasteiger partial charge in [0.25, 0.3) is 0 Å². The Labute approximate surface area is 208 Å². The molecule has 0 saturated carbocycles. The van der Waals surface area contributed by atoms with E-state index in [2.05, 4.69) is 11.1 Å². The molecule has 8 heteroatoms. The monoisotopic (exact) mass is 485 g/mol. The molecule has 1 N–H and O–H groups in total. The van der Waals surface area contributed by atoms with Gasteiger partial charge in [-0.05, 0) is 82.9 Å². The summed E-state index contributed by atoms with van der Waals surface area (Å²) in [5.74, 6) is 1.33. The molecular weight excluding hydrogens is 446 g/mol. The molecule has 3 heterocycles. The van der Waals surface area contributed by atoms with E-state index >= 15 is 0 Å². The number of allylic oxidation sites excluding steroid dienone is 2. The Hall–Kier alpha value is -2.61. The number of piperidine rings is 1. The van der Waals surface area contributed by atoms with Gasteiger partial charge in [0, 0.05) is 32.1 Å². The van der Waals surface area contributed by atoms with Gasteiger partial charge in [-0.2, -0.15) is 0 Å². The lowest BCUT2D eigenvalue weighted by Crippen LogP contribution is -2.42. The van der Waals surface area contributed by atoms with Gasteiger partial charge in [0.05, 0.1) is 24.6 Å². The summed E-state index contributed by atoms with van der Waals surface area (Å²) in [4.78, 5) is 33.1. The number of carbonyl (C=O) groups is 2. The van der Waals surface area contributed by atoms with Crippen LogP contribution in [0.25, 0.3) is 5.57 Å². The molecule has 4 rings (SSSR count). The Bertz CT molecular complexity index is 916. The molecule has 0 spiro atoms. The van der Waals surface area contributed by atoms with Gasteiger partial charge in [-0.3, -0.25) is 9.78 Å². The van der Waals surface area contributed by atoms with Crippen LogP contribution in [0.15, 0.2) is 24.4 Å². The second-order valence-corrected chi connectivity index (χ2v) is 11.0. The molecule has 2 saturated heterocycles. The molecule has 0 radical (unpaired) electrons. The maximum absolute atomic E-state index is 12.7. The number of pyridine rings is 1. The van der Waals surface area contributed by atoms with Crippen molar-refractivity contribution >= 4 is 17.6 Å². The maximum atomic E-state index is 12.7. The van der Waals surface area contributed by atoms with E-state index in [1.54, 1.807) is 16.0 Å². The Balaban J connectivity index is 1.20. The average Bonchev–Trinajstić information content (AvgIpc) is 3.28. The molecule has 2 fully saturated rings. The van der Waals surface area contributed by atoms with Crippen LogP contribution in [0.5, 0.6) is 5.75 Å². The van der Waals surface area contributed by atoms with Crippen LogP contribution < -0.4 is 4.74 Å². The lowest BCUT2D eigenvalue weighted by molar-refractivity contribution is -0.135. The van der Waals surface area contributed by atoms with Crippen LogP contribution in [-0.4, -0.2) is 76.4 Å². The fourth-order valence-corrected chi connectivity index (χ4v) is 4.97. The quantitative estimate of drug-likeness (QED) is 0.680. The van der Waals surface area contributed by atoms with Crippen molar-refractivity contribution in [1.82, 2.24) is 14.8 Å². The number of aromatic nitrogens is 1. The first-order chi connectivity index (χ1) is 16.7. The SMILES string of the molecule is CC(C)(C)OC(=O)N1CCC(COc2ccc(C3=CCC(C(=O)N4CC[C@H](O)C4)CC3)nc2)CC1. The lowest BCUT2D eigenvalue weighted by Gasteiger charge is -2.33. The summed E-state index contributed by atoms with van der Waals surface area (Å²) < 4.78 is 11.5. The van der Waals surface area contributed by atoms with Crippen LogP contribution >= 0.6 is 0 Å². The average molecular weight is 486 g/mol. The minimum absolute atomic E-state index is 0.00777. The summed E-state index contributed by atoms with van der Waals surface area (Å²) in [5.41, 5.74) is 1.64. The topological polar surface area (TPSA) is 92.2 Å². The molecule has 1 aromatic heterocycles. The second kappa shape index (κ2) is 11.0. The highest BCUT2D eigenvalue weighted by atomic mass is 16.6. The van der Waals surface area contributed by atoms with Crippen LogP contribution in [0.4, 0.5) is 4.79 Å². The molecule has 8 nitrogen and oxygen atoms in total. The van der Waals surface area contributed by atoms with E-state index in [9.17, 15) is 14.7 Å². The van der Waals surface area contributed by atoms with Crippen molar-refractivity contribution in [2.24, 2.45) is 11.8 Å². The van der Waals surface area contributed by atoms with Crippen molar-refractivity contribution in [1.29, 1.82) is 0 Å². The number of ether oxygens (including phenoxy) is 2. The van der Waals surface area contributed by atoms with Crippen molar-refractivity contribution in [3.05, 3.63) is 30.1 Å². The highest BCUT2D eigenvalue weighted by Gasteiger charge is 2.31. The third kappa shape index (κ3) is 6.97. The van der Waals surface area contributed by atoms with Gasteiger partial charge in [-0.15, -0.1) is 0 Å². The van der Waals surface area contributed by atoms with Gasteiger partial charge in [0.2, 0.25) is 5.91 Å². The van der Waals surface area contributed by atoms with E-state index in [-0.39, 0.29) is 24.0 Å². The van der Waals surface area contributed by atoms with Crippen LogP contribution in [0.2, 0.25) is 0 Å². The van der Waals surface area contributed by atoms with Crippen LogP contribution in [0.1, 0.15) is 65.0 Å². The molecule has 192 valence electrons. The first-order valence-electron chi connectivity index (χ1n) is 12.9. The zero-order valence-electron chi connectivity index (χ0n) is 21.2. The van der Waals surface area contributed by atoms with Crippen LogP contribution in [-0.2, 0) is 9.53 Å². The number of hydrogen-bond donors (Lipinski definition) is 1. The fraction of sp³-hybridized carbons (Fsp3) is 0.667. The first kappa shape index (κ1) is 25.5. The van der Waals surface area contributed by atoms with Crippen molar-refractivity contribution < 1.29 is 24.2 Å². The van der Waals surface area contributed by atoms with E-state index in [4.69, 9.17) is 9.47 Å². The summed E-state index contributed by atoms with van der Waals surface area (Å²) >= 11 is 0. The minimum atomic E-state index is -0.471. The molecular formula is C27H39N3O5. The molecule has 2 amide bonds. The van der Waals surface area contributed by atoms with Crippen molar-refractivity contribution in [3.8, 4) is 5.75 Å². The van der Waals surface area contributed by atoms with Crippen molar-refractivity contribution in [2.45, 2.75) is 71.0 Å². The fourth-order valence-electron chi connectivity index (χ4n) is 4.97. The van der Waals surface area contributed by atoms with Gasteiger partial charge >= 0.3 is 6.09 Å². The highest BCUT2D eigenvalue weighted by Crippen LogP contribution is 2.32. The molecule has 1 aliphatic carbocycles. The number of aliphatic hydroxyl groups excluding tert-OH is 1. The van der Waals surface area contributed by atoms with Crippen LogP contribution in [0, 0.1) is 11.8 Å². The molecule has 1 unspecified atom stereocenters. The number of hydrogen-bond acceptors (Lipinski definition) is 6. The summed E-state index contributed by atoms with van der Waals surface area (Å²) in [6.45, 7) is 8.78. The molecule has 0 aromatic carbocycles. The third-order valence-corrected chi connectivity index (χ3v) is 7.05. The molecule has 2 atom stereocenters.